The SMILES string of the molecule is Cc1ccc(N)c(SCC(C(=O)NN)c2ccccc2)c1. The number of anilines is 1. The van der Waals surface area contributed by atoms with Crippen LogP contribution in [0.1, 0.15) is 17.0 Å². The number of nitrogens with two attached hydrogens (primary N) is 2. The van der Waals surface area contributed by atoms with Crippen LogP contribution in [-0.2, 0) is 4.79 Å². The summed E-state index contributed by atoms with van der Waals surface area (Å²) in [7, 11) is 0. The van der Waals surface area contributed by atoms with E-state index in [1.165, 1.54) is 0 Å². The van der Waals surface area contributed by atoms with Crippen LogP contribution in [0.15, 0.2) is 53.4 Å². The van der Waals surface area contributed by atoms with Gasteiger partial charge in [-0.05, 0) is 30.2 Å². The molecule has 110 valence electrons. The van der Waals surface area contributed by atoms with Crippen LogP contribution < -0.4 is 17.0 Å². The maximum atomic E-state index is 12.0. The van der Waals surface area contributed by atoms with Crippen molar-refractivity contribution in [3.63, 3.8) is 0 Å². The normalized spacial score (nSPS) is 11.9. The summed E-state index contributed by atoms with van der Waals surface area (Å²) in [6.45, 7) is 2.02. The second-order valence-electron chi connectivity index (χ2n) is 4.82. The van der Waals surface area contributed by atoms with Crippen molar-refractivity contribution in [1.82, 2.24) is 5.43 Å². The minimum atomic E-state index is -0.305. The van der Waals surface area contributed by atoms with Crippen LogP contribution in [0, 0.1) is 6.92 Å². The fourth-order valence-corrected chi connectivity index (χ4v) is 3.24. The van der Waals surface area contributed by atoms with E-state index in [9.17, 15) is 4.79 Å². The first kappa shape index (κ1) is 15.4. The predicted octanol–water partition coefficient (Wildman–Crippen LogP) is 2.44. The van der Waals surface area contributed by atoms with Crippen molar-refractivity contribution in [2.24, 2.45) is 5.84 Å². The Morgan fingerprint density at radius 2 is 1.95 bits per heavy atom. The molecule has 0 saturated heterocycles. The van der Waals surface area contributed by atoms with Crippen LogP contribution in [-0.4, -0.2) is 11.7 Å². The van der Waals surface area contributed by atoms with Gasteiger partial charge in [0.2, 0.25) is 5.91 Å². The molecule has 2 aromatic carbocycles. The Hall–Kier alpha value is -1.98. The fourth-order valence-electron chi connectivity index (χ4n) is 2.05. The highest BCUT2D eigenvalue weighted by molar-refractivity contribution is 7.99. The lowest BCUT2D eigenvalue weighted by Gasteiger charge is -2.16. The number of carbonyl (C=O) groups is 1. The van der Waals surface area contributed by atoms with E-state index in [-0.39, 0.29) is 11.8 Å². The molecule has 0 fully saturated rings. The zero-order chi connectivity index (χ0) is 15.2. The van der Waals surface area contributed by atoms with Crippen LogP contribution in [0.4, 0.5) is 5.69 Å². The van der Waals surface area contributed by atoms with Gasteiger partial charge in [-0.1, -0.05) is 36.4 Å². The van der Waals surface area contributed by atoms with Crippen molar-refractivity contribution in [2.75, 3.05) is 11.5 Å². The van der Waals surface area contributed by atoms with Crippen molar-refractivity contribution >= 4 is 23.4 Å². The Bertz CT molecular complexity index is 616. The number of carbonyl (C=O) groups excluding carboxylic acids is 1. The Morgan fingerprint density at radius 1 is 1.24 bits per heavy atom. The van der Waals surface area contributed by atoms with Crippen LogP contribution in [0.2, 0.25) is 0 Å². The third-order valence-electron chi connectivity index (χ3n) is 3.24. The molecule has 1 amide bonds. The lowest BCUT2D eigenvalue weighted by Crippen LogP contribution is -2.35. The topological polar surface area (TPSA) is 81.1 Å². The summed E-state index contributed by atoms with van der Waals surface area (Å²) >= 11 is 1.57. The highest BCUT2D eigenvalue weighted by atomic mass is 32.2. The summed E-state index contributed by atoms with van der Waals surface area (Å²) in [5, 5.41) is 0. The molecule has 4 nitrogen and oxygen atoms in total. The number of benzene rings is 2. The van der Waals surface area contributed by atoms with Crippen molar-refractivity contribution in [2.45, 2.75) is 17.7 Å². The molecule has 0 radical (unpaired) electrons. The zero-order valence-corrected chi connectivity index (χ0v) is 12.7. The van der Waals surface area contributed by atoms with Gasteiger partial charge in [0.1, 0.15) is 0 Å². The smallest absolute Gasteiger partial charge is 0.242 e. The first-order chi connectivity index (χ1) is 10.1. The van der Waals surface area contributed by atoms with Gasteiger partial charge in [-0.15, -0.1) is 11.8 Å². The molecule has 2 rings (SSSR count). The van der Waals surface area contributed by atoms with Crippen molar-refractivity contribution in [3.05, 3.63) is 59.7 Å². The van der Waals surface area contributed by atoms with E-state index in [4.69, 9.17) is 11.6 Å². The number of hydrogen-bond donors (Lipinski definition) is 3. The molecule has 0 aromatic heterocycles. The molecule has 1 atom stereocenters. The van der Waals surface area contributed by atoms with Crippen molar-refractivity contribution < 1.29 is 4.79 Å². The van der Waals surface area contributed by atoms with Crippen molar-refractivity contribution in [3.8, 4) is 0 Å². The lowest BCUT2D eigenvalue weighted by atomic mass is 10.0. The number of hydrazine groups is 1. The highest BCUT2D eigenvalue weighted by Crippen LogP contribution is 2.30. The molecule has 0 aliphatic carbocycles. The molecular weight excluding hydrogens is 282 g/mol. The van der Waals surface area contributed by atoms with Crippen LogP contribution in [0.3, 0.4) is 0 Å². The number of rotatable bonds is 5. The van der Waals surface area contributed by atoms with Gasteiger partial charge in [0.25, 0.3) is 0 Å². The molecule has 5 N–H and O–H groups in total. The van der Waals surface area contributed by atoms with E-state index in [1.54, 1.807) is 11.8 Å². The molecule has 5 heteroatoms. The van der Waals surface area contributed by atoms with Gasteiger partial charge in [-0.2, -0.15) is 0 Å². The third-order valence-corrected chi connectivity index (χ3v) is 4.40. The Kier molecular flexibility index (Phi) is 5.25. The minimum Gasteiger partial charge on any atom is -0.398 e. The second-order valence-corrected chi connectivity index (χ2v) is 5.89. The van der Waals surface area contributed by atoms with Gasteiger partial charge in [0, 0.05) is 16.3 Å². The second kappa shape index (κ2) is 7.15. The first-order valence-corrected chi connectivity index (χ1v) is 7.64. The van der Waals surface area contributed by atoms with E-state index in [1.807, 2.05) is 55.5 Å². The summed E-state index contributed by atoms with van der Waals surface area (Å²) in [5.41, 5.74) is 11.0. The number of hydrogen-bond acceptors (Lipinski definition) is 4. The van der Waals surface area contributed by atoms with E-state index < -0.39 is 0 Å². The monoisotopic (exact) mass is 301 g/mol. The number of amides is 1. The van der Waals surface area contributed by atoms with E-state index in [0.29, 0.717) is 5.75 Å². The average molecular weight is 301 g/mol. The summed E-state index contributed by atoms with van der Waals surface area (Å²) in [4.78, 5) is 13.0. The van der Waals surface area contributed by atoms with Crippen LogP contribution >= 0.6 is 11.8 Å². The molecule has 0 saturated carbocycles. The fraction of sp³-hybridized carbons (Fsp3) is 0.188. The maximum Gasteiger partial charge on any atom is 0.242 e. The Balaban J connectivity index is 2.16. The number of nitrogens with one attached hydrogen (secondary N) is 1. The first-order valence-electron chi connectivity index (χ1n) is 6.66. The number of nitrogen functional groups attached to an aromatic ring is 1. The molecule has 0 heterocycles. The van der Waals surface area contributed by atoms with Crippen molar-refractivity contribution in [1.29, 1.82) is 0 Å². The minimum absolute atomic E-state index is 0.195. The Labute approximate surface area is 128 Å². The predicted molar refractivity (Wildman–Crippen MR) is 87.8 cm³/mol. The molecule has 2 aromatic rings. The third kappa shape index (κ3) is 4.00. The summed E-state index contributed by atoms with van der Waals surface area (Å²) < 4.78 is 0. The maximum absolute atomic E-state index is 12.0. The molecule has 0 aliphatic heterocycles. The number of aryl methyl sites for hydroxylation is 1. The molecule has 0 bridgehead atoms. The molecule has 0 aliphatic rings. The van der Waals surface area contributed by atoms with Crippen LogP contribution in [0.5, 0.6) is 0 Å². The quantitative estimate of drug-likeness (QED) is 0.260. The zero-order valence-electron chi connectivity index (χ0n) is 11.9. The van der Waals surface area contributed by atoms with Gasteiger partial charge in [0.15, 0.2) is 0 Å². The molecule has 0 spiro atoms. The average Bonchev–Trinajstić information content (AvgIpc) is 2.51. The van der Waals surface area contributed by atoms with E-state index >= 15 is 0 Å². The van der Waals surface area contributed by atoms with Gasteiger partial charge in [0.05, 0.1) is 5.92 Å². The Morgan fingerprint density at radius 3 is 2.62 bits per heavy atom. The molecule has 1 unspecified atom stereocenters. The summed E-state index contributed by atoms with van der Waals surface area (Å²) in [6.07, 6.45) is 0. The summed E-state index contributed by atoms with van der Waals surface area (Å²) in [6, 6.07) is 15.5. The highest BCUT2D eigenvalue weighted by Gasteiger charge is 2.20. The standard InChI is InChI=1S/C16H19N3OS/c1-11-7-8-14(17)15(9-11)21-10-13(16(20)19-18)12-5-3-2-4-6-12/h2-9,13H,10,17-18H2,1H3,(H,19,20). The van der Waals surface area contributed by atoms with E-state index in [2.05, 4.69) is 5.43 Å². The molecule has 21 heavy (non-hydrogen) atoms. The van der Waals surface area contributed by atoms with Gasteiger partial charge >= 0.3 is 0 Å². The van der Waals surface area contributed by atoms with Gasteiger partial charge in [-0.25, -0.2) is 5.84 Å². The largest absolute Gasteiger partial charge is 0.398 e. The molecular formula is C16H19N3OS. The van der Waals surface area contributed by atoms with E-state index in [0.717, 1.165) is 21.7 Å². The number of thioether (sulfide) groups is 1. The van der Waals surface area contributed by atoms with Gasteiger partial charge in [-0.3, -0.25) is 10.2 Å². The summed E-state index contributed by atoms with van der Waals surface area (Å²) in [5.74, 6) is 5.38. The van der Waals surface area contributed by atoms with Crippen LogP contribution in [0.25, 0.3) is 0 Å². The lowest BCUT2D eigenvalue weighted by molar-refractivity contribution is -0.122. The van der Waals surface area contributed by atoms with Gasteiger partial charge < -0.3 is 5.73 Å².